The Morgan fingerprint density at radius 3 is 2.74 bits per heavy atom. The minimum absolute atomic E-state index is 0.327. The molecule has 1 N–H and O–H groups in total. The molecular weight excluding hydrogens is 238 g/mol. The lowest BCUT2D eigenvalue weighted by molar-refractivity contribution is 0.561. The van der Waals surface area contributed by atoms with Crippen molar-refractivity contribution in [1.82, 2.24) is 10.3 Å². The van der Waals surface area contributed by atoms with E-state index < -0.39 is 0 Å². The third kappa shape index (κ3) is 3.35. The second-order valence-corrected chi connectivity index (χ2v) is 4.68. The van der Waals surface area contributed by atoms with E-state index in [1.54, 1.807) is 12.5 Å². The van der Waals surface area contributed by atoms with E-state index in [1.165, 1.54) is 0 Å². The summed E-state index contributed by atoms with van der Waals surface area (Å²) in [4.78, 5) is 6.70. The zero-order valence-electron chi connectivity index (χ0n) is 11.8. The molecule has 4 nitrogen and oxygen atoms in total. The van der Waals surface area contributed by atoms with Gasteiger partial charge in [-0.1, -0.05) is 6.92 Å². The lowest BCUT2D eigenvalue weighted by atomic mass is 10.1. The Morgan fingerprint density at radius 2 is 2.21 bits per heavy atom. The molecule has 0 spiro atoms. The first-order valence-electron chi connectivity index (χ1n) is 6.60. The van der Waals surface area contributed by atoms with Crippen LogP contribution in [0.1, 0.15) is 30.6 Å². The Balaban J connectivity index is 2.05. The normalized spacial score (nSPS) is 12.4. The van der Waals surface area contributed by atoms with Crippen LogP contribution in [0.15, 0.2) is 41.3 Å². The quantitative estimate of drug-likeness (QED) is 0.866. The van der Waals surface area contributed by atoms with E-state index in [9.17, 15) is 0 Å². The molecule has 2 aromatic rings. The Hall–Kier alpha value is -1.81. The molecule has 0 aliphatic rings. The van der Waals surface area contributed by atoms with Crippen LogP contribution in [0.3, 0.4) is 0 Å². The van der Waals surface area contributed by atoms with Gasteiger partial charge in [-0.2, -0.15) is 0 Å². The smallest absolute Gasteiger partial charge is 0.0952 e. The summed E-state index contributed by atoms with van der Waals surface area (Å²) in [5.74, 6) is 0. The van der Waals surface area contributed by atoms with Crippen molar-refractivity contribution in [2.45, 2.75) is 25.9 Å². The maximum absolute atomic E-state index is 5.08. The Kier molecular flexibility index (Phi) is 4.58. The molecule has 0 fully saturated rings. The second-order valence-electron chi connectivity index (χ2n) is 4.68. The van der Waals surface area contributed by atoms with Gasteiger partial charge in [-0.25, -0.2) is 0 Å². The van der Waals surface area contributed by atoms with E-state index in [2.05, 4.69) is 41.3 Å². The van der Waals surface area contributed by atoms with Crippen LogP contribution >= 0.6 is 0 Å². The molecule has 2 heterocycles. The third-order valence-electron chi connectivity index (χ3n) is 3.33. The van der Waals surface area contributed by atoms with Crippen molar-refractivity contribution in [3.05, 3.63) is 48.2 Å². The molecule has 0 saturated heterocycles. The maximum atomic E-state index is 5.08. The topological polar surface area (TPSA) is 41.3 Å². The molecule has 102 valence electrons. The number of nitrogens with zero attached hydrogens (tertiary/aromatic N) is 2. The monoisotopic (exact) mass is 259 g/mol. The lowest BCUT2D eigenvalue weighted by Crippen LogP contribution is -2.18. The number of furan rings is 1. The Bertz CT molecular complexity index is 475. The van der Waals surface area contributed by atoms with Crippen LogP contribution in [0.25, 0.3) is 0 Å². The molecule has 0 aliphatic carbocycles. The molecule has 19 heavy (non-hydrogen) atoms. The summed E-state index contributed by atoms with van der Waals surface area (Å²) >= 11 is 0. The molecule has 2 rings (SSSR count). The summed E-state index contributed by atoms with van der Waals surface area (Å²) in [6, 6.07) is 6.51. The number of hydrogen-bond donors (Lipinski definition) is 1. The van der Waals surface area contributed by atoms with Crippen LogP contribution in [-0.4, -0.2) is 19.1 Å². The first-order valence-corrected chi connectivity index (χ1v) is 6.60. The Morgan fingerprint density at radius 1 is 1.37 bits per heavy atom. The fraction of sp³-hybridized carbons (Fsp3) is 0.400. The zero-order chi connectivity index (χ0) is 13.7. The standard InChI is InChI=1S/C15H21N3O/c1-4-14(16-2)15-6-5-13(9-17-15)18(3)10-12-7-8-19-11-12/h5-9,11,14,16H,4,10H2,1-3H3. The van der Waals surface area contributed by atoms with Gasteiger partial charge in [0.05, 0.1) is 30.1 Å². The van der Waals surface area contributed by atoms with Crippen LogP contribution < -0.4 is 10.2 Å². The first-order chi connectivity index (χ1) is 9.24. The summed E-state index contributed by atoms with van der Waals surface area (Å²) in [6.45, 7) is 2.97. The summed E-state index contributed by atoms with van der Waals surface area (Å²) in [6.07, 6.45) is 6.43. The fourth-order valence-corrected chi connectivity index (χ4v) is 2.14. The highest BCUT2D eigenvalue weighted by Gasteiger charge is 2.09. The molecule has 4 heteroatoms. The number of rotatable bonds is 6. The van der Waals surface area contributed by atoms with E-state index in [0.717, 1.165) is 29.9 Å². The van der Waals surface area contributed by atoms with Crippen molar-refractivity contribution in [3.63, 3.8) is 0 Å². The summed E-state index contributed by atoms with van der Waals surface area (Å²) in [7, 11) is 4.02. The average Bonchev–Trinajstić information content (AvgIpc) is 2.94. The molecule has 2 aromatic heterocycles. The molecule has 0 aliphatic heterocycles. The van der Waals surface area contributed by atoms with Crippen LogP contribution in [0.2, 0.25) is 0 Å². The van der Waals surface area contributed by atoms with E-state index in [0.29, 0.717) is 6.04 Å². The lowest BCUT2D eigenvalue weighted by Gasteiger charge is -2.19. The maximum Gasteiger partial charge on any atom is 0.0952 e. The van der Waals surface area contributed by atoms with Crippen molar-refractivity contribution in [3.8, 4) is 0 Å². The number of nitrogens with one attached hydrogen (secondary N) is 1. The number of pyridine rings is 1. The zero-order valence-corrected chi connectivity index (χ0v) is 11.8. The molecule has 0 aromatic carbocycles. The first kappa shape index (κ1) is 13.6. The Labute approximate surface area is 114 Å². The van der Waals surface area contributed by atoms with E-state index in [-0.39, 0.29) is 0 Å². The van der Waals surface area contributed by atoms with Gasteiger partial charge in [0.25, 0.3) is 0 Å². The molecule has 1 unspecified atom stereocenters. The summed E-state index contributed by atoms with van der Waals surface area (Å²) < 4.78 is 5.08. The van der Waals surface area contributed by atoms with Gasteiger partial charge in [0.15, 0.2) is 0 Å². The van der Waals surface area contributed by atoms with E-state index in [4.69, 9.17) is 4.42 Å². The van der Waals surface area contributed by atoms with Crippen molar-refractivity contribution in [2.75, 3.05) is 19.0 Å². The van der Waals surface area contributed by atoms with Gasteiger partial charge in [-0.05, 0) is 31.7 Å². The summed E-state index contributed by atoms with van der Waals surface area (Å²) in [5.41, 5.74) is 3.36. The minimum atomic E-state index is 0.327. The highest BCUT2D eigenvalue weighted by Crippen LogP contribution is 2.19. The third-order valence-corrected chi connectivity index (χ3v) is 3.33. The predicted molar refractivity (Wildman–Crippen MR) is 77.1 cm³/mol. The van der Waals surface area contributed by atoms with Gasteiger partial charge in [-0.3, -0.25) is 4.98 Å². The van der Waals surface area contributed by atoms with Crippen LogP contribution in [0, 0.1) is 0 Å². The minimum Gasteiger partial charge on any atom is -0.472 e. The molecule has 0 radical (unpaired) electrons. The largest absolute Gasteiger partial charge is 0.472 e. The highest BCUT2D eigenvalue weighted by atomic mass is 16.3. The van der Waals surface area contributed by atoms with Crippen molar-refractivity contribution in [1.29, 1.82) is 0 Å². The van der Waals surface area contributed by atoms with E-state index in [1.807, 2.05) is 19.3 Å². The van der Waals surface area contributed by atoms with Gasteiger partial charge in [-0.15, -0.1) is 0 Å². The number of hydrogen-bond acceptors (Lipinski definition) is 4. The van der Waals surface area contributed by atoms with Gasteiger partial charge >= 0.3 is 0 Å². The SMILES string of the molecule is CCC(NC)c1ccc(N(C)Cc2ccoc2)cn1. The van der Waals surface area contributed by atoms with Gasteiger partial charge in [0, 0.05) is 25.2 Å². The molecule has 0 amide bonds. The summed E-state index contributed by atoms with van der Waals surface area (Å²) in [5, 5.41) is 3.26. The number of anilines is 1. The van der Waals surface area contributed by atoms with Gasteiger partial charge < -0.3 is 14.6 Å². The van der Waals surface area contributed by atoms with Crippen LogP contribution in [0.4, 0.5) is 5.69 Å². The second kappa shape index (κ2) is 6.38. The van der Waals surface area contributed by atoms with Crippen molar-refractivity contribution >= 4 is 5.69 Å². The highest BCUT2D eigenvalue weighted by molar-refractivity contribution is 5.44. The van der Waals surface area contributed by atoms with Gasteiger partial charge in [0.2, 0.25) is 0 Å². The van der Waals surface area contributed by atoms with Gasteiger partial charge in [0.1, 0.15) is 0 Å². The fourth-order valence-electron chi connectivity index (χ4n) is 2.14. The average molecular weight is 259 g/mol. The van der Waals surface area contributed by atoms with Crippen molar-refractivity contribution in [2.24, 2.45) is 0 Å². The predicted octanol–water partition coefficient (Wildman–Crippen LogP) is 2.98. The molecule has 1 atom stereocenters. The molecular formula is C15H21N3O. The van der Waals surface area contributed by atoms with Crippen LogP contribution in [-0.2, 0) is 6.54 Å². The van der Waals surface area contributed by atoms with Crippen molar-refractivity contribution < 1.29 is 4.42 Å². The van der Waals surface area contributed by atoms with E-state index >= 15 is 0 Å². The molecule has 0 bridgehead atoms. The molecule has 0 saturated carbocycles. The van der Waals surface area contributed by atoms with Crippen LogP contribution in [0.5, 0.6) is 0 Å². The number of aromatic nitrogens is 1.